The Labute approximate surface area is 133 Å². The van der Waals surface area contributed by atoms with Gasteiger partial charge in [-0.2, -0.15) is 0 Å². The van der Waals surface area contributed by atoms with E-state index in [0.29, 0.717) is 35.2 Å². The summed E-state index contributed by atoms with van der Waals surface area (Å²) in [6, 6.07) is 5.12. The van der Waals surface area contributed by atoms with Gasteiger partial charge in [0.25, 0.3) is 0 Å². The topological polar surface area (TPSA) is 80.5 Å². The molecule has 1 aliphatic rings. The second-order valence-corrected chi connectivity index (χ2v) is 8.33. The molecule has 1 saturated heterocycles. The summed E-state index contributed by atoms with van der Waals surface area (Å²) in [6.45, 7) is 0.984. The highest BCUT2D eigenvalue weighted by molar-refractivity contribution is 9.10. The van der Waals surface area contributed by atoms with E-state index in [-0.39, 0.29) is 11.7 Å². The molecule has 0 radical (unpaired) electrons. The highest BCUT2D eigenvalue weighted by Gasteiger charge is 2.27. The molecular weight excluding hydrogens is 356 g/mol. The average Bonchev–Trinajstić information content (AvgIpc) is 2.41. The lowest BCUT2D eigenvalue weighted by molar-refractivity contribution is 0.0942. The zero-order chi connectivity index (χ0) is 15.6. The van der Waals surface area contributed by atoms with Gasteiger partial charge in [0, 0.05) is 35.2 Å². The van der Waals surface area contributed by atoms with Gasteiger partial charge in [-0.1, -0.05) is 0 Å². The number of carbonyl (C=O) groups is 1. The van der Waals surface area contributed by atoms with Gasteiger partial charge in [0.2, 0.25) is 10.0 Å². The summed E-state index contributed by atoms with van der Waals surface area (Å²) in [5.41, 5.74) is 6.90. The van der Waals surface area contributed by atoms with E-state index in [1.165, 1.54) is 10.6 Å². The molecule has 2 N–H and O–H groups in total. The van der Waals surface area contributed by atoms with E-state index in [2.05, 4.69) is 15.9 Å². The summed E-state index contributed by atoms with van der Waals surface area (Å²) in [5.74, 6) is 0.105. The first-order valence-corrected chi connectivity index (χ1v) is 9.45. The van der Waals surface area contributed by atoms with Crippen molar-refractivity contribution >= 4 is 37.4 Å². The van der Waals surface area contributed by atoms with E-state index in [0.717, 1.165) is 12.8 Å². The lowest BCUT2D eigenvalue weighted by atomic mass is 9.92. The maximum atomic E-state index is 12.3. The fourth-order valence-corrected chi connectivity index (χ4v) is 3.90. The number of hydrogen-bond acceptors (Lipinski definition) is 4. The van der Waals surface area contributed by atoms with Crippen LogP contribution >= 0.6 is 15.9 Å². The van der Waals surface area contributed by atoms with Crippen molar-refractivity contribution in [2.24, 2.45) is 5.92 Å². The maximum Gasteiger partial charge on any atom is 0.211 e. The molecule has 1 atom stereocenters. The number of ketones is 1. The predicted octanol–water partition coefficient (Wildman–Crippen LogP) is 2.28. The third-order valence-corrected chi connectivity index (χ3v) is 5.70. The van der Waals surface area contributed by atoms with E-state index >= 15 is 0 Å². The molecule has 2 rings (SSSR count). The number of sulfonamides is 1. The molecule has 7 heteroatoms. The molecule has 1 aliphatic heterocycles. The first-order valence-electron chi connectivity index (χ1n) is 6.80. The second-order valence-electron chi connectivity index (χ2n) is 5.49. The van der Waals surface area contributed by atoms with Crippen molar-refractivity contribution in [3.8, 4) is 0 Å². The summed E-state index contributed by atoms with van der Waals surface area (Å²) in [7, 11) is -3.17. The van der Waals surface area contributed by atoms with Crippen LogP contribution in [0.5, 0.6) is 0 Å². The standard InChI is InChI=1S/C14H19BrN2O3S/c1-21(19,20)17-6-2-3-10(9-17)7-14(18)11-4-5-13(16)12(15)8-11/h4-5,8,10H,2-3,6-7,9,16H2,1H3. The van der Waals surface area contributed by atoms with E-state index in [1.807, 2.05) is 0 Å². The third-order valence-electron chi connectivity index (χ3n) is 3.75. The Hall–Kier alpha value is -0.920. The van der Waals surface area contributed by atoms with Crippen molar-refractivity contribution in [1.82, 2.24) is 4.31 Å². The Morgan fingerprint density at radius 2 is 2.19 bits per heavy atom. The average molecular weight is 375 g/mol. The van der Waals surface area contributed by atoms with Crippen molar-refractivity contribution in [3.05, 3.63) is 28.2 Å². The number of nitrogens with zero attached hydrogens (tertiary/aromatic N) is 1. The molecule has 1 heterocycles. The van der Waals surface area contributed by atoms with Crippen molar-refractivity contribution in [2.45, 2.75) is 19.3 Å². The Kier molecular flexibility index (Phi) is 5.06. The van der Waals surface area contributed by atoms with Gasteiger partial charge in [-0.15, -0.1) is 0 Å². The number of halogens is 1. The van der Waals surface area contributed by atoms with Crippen molar-refractivity contribution < 1.29 is 13.2 Å². The number of rotatable bonds is 4. The molecule has 0 bridgehead atoms. The summed E-state index contributed by atoms with van der Waals surface area (Å²) < 4.78 is 25.4. The van der Waals surface area contributed by atoms with Gasteiger partial charge in [0.1, 0.15) is 0 Å². The van der Waals surface area contributed by atoms with Crippen LogP contribution in [-0.4, -0.2) is 37.9 Å². The number of hydrogen-bond donors (Lipinski definition) is 1. The van der Waals surface area contributed by atoms with Crippen LogP contribution in [-0.2, 0) is 10.0 Å². The number of carbonyl (C=O) groups excluding carboxylic acids is 1. The van der Waals surface area contributed by atoms with Crippen molar-refractivity contribution in [2.75, 3.05) is 25.1 Å². The Balaban J connectivity index is 2.03. The number of Topliss-reactive ketones (excluding diaryl/α,β-unsaturated/α-hetero) is 1. The van der Waals surface area contributed by atoms with E-state index in [1.54, 1.807) is 18.2 Å². The van der Waals surface area contributed by atoms with Crippen molar-refractivity contribution in [3.63, 3.8) is 0 Å². The molecule has 0 spiro atoms. The number of benzene rings is 1. The van der Waals surface area contributed by atoms with Crippen LogP contribution < -0.4 is 5.73 Å². The van der Waals surface area contributed by atoms with Crippen LogP contribution in [0, 0.1) is 5.92 Å². The molecule has 0 aromatic heterocycles. The fraction of sp³-hybridized carbons (Fsp3) is 0.500. The zero-order valence-corrected chi connectivity index (χ0v) is 14.3. The third kappa shape index (κ3) is 4.28. The largest absolute Gasteiger partial charge is 0.398 e. The number of nitrogens with two attached hydrogens (primary N) is 1. The molecule has 0 amide bonds. The number of nitrogen functional groups attached to an aromatic ring is 1. The minimum atomic E-state index is -3.17. The van der Waals surface area contributed by atoms with Gasteiger partial charge in [-0.25, -0.2) is 12.7 Å². The highest BCUT2D eigenvalue weighted by atomic mass is 79.9. The summed E-state index contributed by atoms with van der Waals surface area (Å²) in [5, 5.41) is 0. The molecule has 5 nitrogen and oxygen atoms in total. The quantitative estimate of drug-likeness (QED) is 0.647. The van der Waals surface area contributed by atoms with Gasteiger partial charge in [-0.05, 0) is 52.9 Å². The van der Waals surface area contributed by atoms with Gasteiger partial charge in [-0.3, -0.25) is 4.79 Å². The summed E-state index contributed by atoms with van der Waals surface area (Å²) >= 11 is 3.31. The Morgan fingerprint density at radius 1 is 1.48 bits per heavy atom. The van der Waals surface area contributed by atoms with E-state index < -0.39 is 10.0 Å². The zero-order valence-electron chi connectivity index (χ0n) is 11.9. The summed E-state index contributed by atoms with van der Waals surface area (Å²) in [6.07, 6.45) is 3.26. The monoisotopic (exact) mass is 374 g/mol. The van der Waals surface area contributed by atoms with Crippen molar-refractivity contribution in [1.29, 1.82) is 0 Å². The van der Waals surface area contributed by atoms with Crippen LogP contribution in [0.15, 0.2) is 22.7 Å². The maximum absolute atomic E-state index is 12.3. The van der Waals surface area contributed by atoms with Crippen LogP contribution in [0.2, 0.25) is 0 Å². The molecule has 116 valence electrons. The first-order chi connectivity index (χ1) is 9.77. The molecule has 1 fully saturated rings. The predicted molar refractivity (Wildman–Crippen MR) is 86.6 cm³/mol. The minimum absolute atomic E-state index is 0.0241. The number of piperidine rings is 1. The van der Waals surface area contributed by atoms with Gasteiger partial charge in [0.05, 0.1) is 6.26 Å². The van der Waals surface area contributed by atoms with Crippen LogP contribution in [0.4, 0.5) is 5.69 Å². The summed E-state index contributed by atoms with van der Waals surface area (Å²) in [4.78, 5) is 12.3. The van der Waals surface area contributed by atoms with E-state index in [4.69, 9.17) is 5.73 Å². The molecule has 0 aliphatic carbocycles. The van der Waals surface area contributed by atoms with Crippen LogP contribution in [0.25, 0.3) is 0 Å². The van der Waals surface area contributed by atoms with Gasteiger partial charge < -0.3 is 5.73 Å². The van der Waals surface area contributed by atoms with Gasteiger partial charge >= 0.3 is 0 Å². The smallest absolute Gasteiger partial charge is 0.211 e. The minimum Gasteiger partial charge on any atom is -0.398 e. The van der Waals surface area contributed by atoms with Crippen LogP contribution in [0.1, 0.15) is 29.6 Å². The second kappa shape index (κ2) is 6.46. The SMILES string of the molecule is CS(=O)(=O)N1CCCC(CC(=O)c2ccc(N)c(Br)c2)C1. The Morgan fingerprint density at radius 3 is 2.81 bits per heavy atom. The highest BCUT2D eigenvalue weighted by Crippen LogP contribution is 2.25. The molecule has 0 saturated carbocycles. The van der Waals surface area contributed by atoms with E-state index in [9.17, 15) is 13.2 Å². The van der Waals surface area contributed by atoms with Crippen LogP contribution in [0.3, 0.4) is 0 Å². The molecule has 1 aromatic rings. The lowest BCUT2D eigenvalue weighted by Gasteiger charge is -2.30. The normalized spacial score (nSPS) is 20.4. The first kappa shape index (κ1) is 16.5. The number of anilines is 1. The molecule has 1 unspecified atom stereocenters. The van der Waals surface area contributed by atoms with Gasteiger partial charge in [0.15, 0.2) is 5.78 Å². The lowest BCUT2D eigenvalue weighted by Crippen LogP contribution is -2.39. The molecule has 1 aromatic carbocycles. The molecule has 21 heavy (non-hydrogen) atoms. The molecular formula is C14H19BrN2O3S. The fourth-order valence-electron chi connectivity index (χ4n) is 2.58. The Bertz CT molecular complexity index is 646.